The van der Waals surface area contributed by atoms with Crippen molar-refractivity contribution in [2.24, 2.45) is 5.10 Å². The normalized spacial score (nSPS) is 11.2. The van der Waals surface area contributed by atoms with E-state index in [4.69, 9.17) is 9.47 Å². The van der Waals surface area contributed by atoms with Crippen LogP contribution in [-0.2, 0) is 0 Å². The van der Waals surface area contributed by atoms with E-state index in [-0.39, 0.29) is 5.69 Å². The lowest BCUT2D eigenvalue weighted by atomic mass is 10.1. The summed E-state index contributed by atoms with van der Waals surface area (Å²) in [6.07, 6.45) is 0. The second kappa shape index (κ2) is 6.89. The fourth-order valence-electron chi connectivity index (χ4n) is 1.88. The average molecular weight is 306 g/mol. The van der Waals surface area contributed by atoms with E-state index >= 15 is 0 Å². The summed E-state index contributed by atoms with van der Waals surface area (Å²) in [4.78, 5) is 0. The van der Waals surface area contributed by atoms with Crippen molar-refractivity contribution in [3.63, 3.8) is 0 Å². The number of ether oxygens (including phenoxy) is 2. The Morgan fingerprint density at radius 1 is 1.05 bits per heavy atom. The summed E-state index contributed by atoms with van der Waals surface area (Å²) in [5, 5.41) is 4.10. The van der Waals surface area contributed by atoms with Gasteiger partial charge in [0.2, 0.25) is 0 Å². The van der Waals surface area contributed by atoms with Crippen LogP contribution in [0.25, 0.3) is 0 Å². The molecule has 0 saturated heterocycles. The Hall–Kier alpha value is -2.63. The van der Waals surface area contributed by atoms with Gasteiger partial charge in [-0.2, -0.15) is 5.10 Å². The van der Waals surface area contributed by atoms with Gasteiger partial charge in [0, 0.05) is 17.7 Å². The molecule has 0 atom stereocenters. The third-order valence-corrected chi connectivity index (χ3v) is 3.07. The van der Waals surface area contributed by atoms with Crippen LogP contribution in [0.3, 0.4) is 0 Å². The molecule has 0 aliphatic rings. The molecule has 0 amide bonds. The van der Waals surface area contributed by atoms with Crippen LogP contribution in [0.2, 0.25) is 0 Å². The molecule has 4 nitrogen and oxygen atoms in total. The Morgan fingerprint density at radius 3 is 2.45 bits per heavy atom. The van der Waals surface area contributed by atoms with E-state index < -0.39 is 11.6 Å². The molecule has 0 aliphatic carbocycles. The second-order valence-electron chi connectivity index (χ2n) is 4.50. The molecule has 0 fully saturated rings. The molecule has 0 heterocycles. The first-order valence-corrected chi connectivity index (χ1v) is 6.53. The van der Waals surface area contributed by atoms with Gasteiger partial charge < -0.3 is 9.47 Å². The standard InChI is InChI=1S/C16H16F2N2O2/c1-10(13-6-5-12(21-2)9-16(13)22-3)19-20-15-7-4-11(17)8-14(15)18/h4-9,20H,1-3H3/b19-10-. The SMILES string of the molecule is COc1ccc(/C(C)=N\Nc2ccc(F)cc2F)c(OC)c1. The van der Waals surface area contributed by atoms with Crippen LogP contribution >= 0.6 is 0 Å². The molecule has 2 aromatic carbocycles. The maximum atomic E-state index is 13.5. The third-order valence-electron chi connectivity index (χ3n) is 3.07. The molecular weight excluding hydrogens is 290 g/mol. The number of nitrogens with one attached hydrogen (secondary N) is 1. The molecule has 0 spiro atoms. The molecule has 0 aromatic heterocycles. The highest BCUT2D eigenvalue weighted by molar-refractivity contribution is 6.01. The number of hydrogen-bond donors (Lipinski definition) is 1. The summed E-state index contributed by atoms with van der Waals surface area (Å²) in [6.45, 7) is 1.75. The van der Waals surface area contributed by atoms with Gasteiger partial charge in [-0.15, -0.1) is 0 Å². The zero-order chi connectivity index (χ0) is 16.1. The second-order valence-corrected chi connectivity index (χ2v) is 4.50. The molecule has 2 aromatic rings. The minimum Gasteiger partial charge on any atom is -0.497 e. The van der Waals surface area contributed by atoms with Crippen molar-refractivity contribution in [2.75, 3.05) is 19.6 Å². The molecule has 0 unspecified atom stereocenters. The Morgan fingerprint density at radius 2 is 1.82 bits per heavy atom. The number of nitrogens with zero attached hydrogens (tertiary/aromatic N) is 1. The number of benzene rings is 2. The molecule has 116 valence electrons. The Bertz CT molecular complexity index is 703. The first-order chi connectivity index (χ1) is 10.5. The quantitative estimate of drug-likeness (QED) is 0.674. The lowest BCUT2D eigenvalue weighted by Gasteiger charge is -2.10. The fraction of sp³-hybridized carbons (Fsp3) is 0.188. The highest BCUT2D eigenvalue weighted by atomic mass is 19.1. The van der Waals surface area contributed by atoms with Gasteiger partial charge in [0.05, 0.1) is 25.6 Å². The van der Waals surface area contributed by atoms with Crippen LogP contribution in [0, 0.1) is 11.6 Å². The number of hydrogen-bond acceptors (Lipinski definition) is 4. The number of rotatable bonds is 5. The topological polar surface area (TPSA) is 42.8 Å². The molecule has 6 heteroatoms. The van der Waals surface area contributed by atoms with E-state index in [1.54, 1.807) is 39.3 Å². The van der Waals surface area contributed by atoms with Gasteiger partial charge >= 0.3 is 0 Å². The van der Waals surface area contributed by atoms with Crippen molar-refractivity contribution in [3.8, 4) is 11.5 Å². The molecular formula is C16H16F2N2O2. The third kappa shape index (κ3) is 3.52. The maximum Gasteiger partial charge on any atom is 0.151 e. The largest absolute Gasteiger partial charge is 0.497 e. The van der Waals surface area contributed by atoms with Crippen molar-refractivity contribution in [1.29, 1.82) is 0 Å². The Balaban J connectivity index is 2.25. The Kier molecular flexibility index (Phi) is 4.93. The minimum atomic E-state index is -0.710. The summed E-state index contributed by atoms with van der Waals surface area (Å²) >= 11 is 0. The van der Waals surface area contributed by atoms with E-state index in [2.05, 4.69) is 10.5 Å². The first-order valence-electron chi connectivity index (χ1n) is 6.53. The highest BCUT2D eigenvalue weighted by Gasteiger charge is 2.09. The average Bonchev–Trinajstić information content (AvgIpc) is 2.53. The molecule has 22 heavy (non-hydrogen) atoms. The zero-order valence-corrected chi connectivity index (χ0v) is 12.5. The number of anilines is 1. The maximum absolute atomic E-state index is 13.5. The Labute approximate surface area is 127 Å². The smallest absolute Gasteiger partial charge is 0.151 e. The molecule has 0 saturated carbocycles. The van der Waals surface area contributed by atoms with Gasteiger partial charge in [-0.25, -0.2) is 8.78 Å². The van der Waals surface area contributed by atoms with Gasteiger partial charge in [-0.1, -0.05) is 0 Å². The van der Waals surface area contributed by atoms with Gasteiger partial charge in [-0.05, 0) is 31.2 Å². The van der Waals surface area contributed by atoms with E-state index in [9.17, 15) is 8.78 Å². The fourth-order valence-corrected chi connectivity index (χ4v) is 1.88. The van der Waals surface area contributed by atoms with Crippen LogP contribution in [0.4, 0.5) is 14.5 Å². The van der Waals surface area contributed by atoms with Crippen molar-refractivity contribution in [1.82, 2.24) is 0 Å². The van der Waals surface area contributed by atoms with Crippen molar-refractivity contribution >= 4 is 11.4 Å². The number of halogens is 2. The summed E-state index contributed by atoms with van der Waals surface area (Å²) in [6, 6.07) is 8.53. The summed E-state index contributed by atoms with van der Waals surface area (Å²) in [5.74, 6) is -0.105. The molecule has 0 radical (unpaired) electrons. The van der Waals surface area contributed by atoms with Crippen molar-refractivity contribution in [3.05, 3.63) is 53.6 Å². The lowest BCUT2D eigenvalue weighted by molar-refractivity contribution is 0.394. The van der Waals surface area contributed by atoms with Crippen LogP contribution in [0.1, 0.15) is 12.5 Å². The van der Waals surface area contributed by atoms with Crippen LogP contribution < -0.4 is 14.9 Å². The van der Waals surface area contributed by atoms with E-state index in [1.807, 2.05) is 0 Å². The summed E-state index contributed by atoms with van der Waals surface area (Å²) < 4.78 is 36.8. The number of hydrazone groups is 1. The van der Waals surface area contributed by atoms with E-state index in [0.717, 1.165) is 17.7 Å². The first kappa shape index (κ1) is 15.8. The summed E-state index contributed by atoms with van der Waals surface area (Å²) in [7, 11) is 3.10. The molecule has 2 rings (SSSR count). The zero-order valence-electron chi connectivity index (χ0n) is 12.5. The van der Waals surface area contributed by atoms with Crippen molar-refractivity contribution < 1.29 is 18.3 Å². The minimum absolute atomic E-state index is 0.0910. The van der Waals surface area contributed by atoms with Gasteiger partial charge in [-0.3, -0.25) is 5.43 Å². The van der Waals surface area contributed by atoms with Crippen LogP contribution in [-0.4, -0.2) is 19.9 Å². The summed E-state index contributed by atoms with van der Waals surface area (Å²) in [5.41, 5.74) is 3.99. The van der Waals surface area contributed by atoms with Crippen LogP contribution in [0.5, 0.6) is 11.5 Å². The number of methoxy groups -OCH3 is 2. The predicted octanol–water partition coefficient (Wildman–Crippen LogP) is 3.82. The molecule has 0 aliphatic heterocycles. The predicted molar refractivity (Wildman–Crippen MR) is 81.7 cm³/mol. The van der Waals surface area contributed by atoms with E-state index in [0.29, 0.717) is 17.2 Å². The van der Waals surface area contributed by atoms with Crippen molar-refractivity contribution in [2.45, 2.75) is 6.92 Å². The van der Waals surface area contributed by atoms with Crippen LogP contribution in [0.15, 0.2) is 41.5 Å². The van der Waals surface area contributed by atoms with Gasteiger partial charge in [0.15, 0.2) is 5.82 Å². The lowest BCUT2D eigenvalue weighted by Crippen LogP contribution is -2.03. The highest BCUT2D eigenvalue weighted by Crippen LogP contribution is 2.25. The monoisotopic (exact) mass is 306 g/mol. The van der Waals surface area contributed by atoms with Gasteiger partial charge in [0.1, 0.15) is 17.3 Å². The van der Waals surface area contributed by atoms with Gasteiger partial charge in [0.25, 0.3) is 0 Å². The van der Waals surface area contributed by atoms with E-state index in [1.165, 1.54) is 6.07 Å². The molecule has 1 N–H and O–H groups in total. The molecule has 0 bridgehead atoms.